The SMILES string of the molecule is CNC(C)CC1CCC(C)N1C=O.COC(C)(C)C.O=CC1CCN(C(=O)OCc2ccccc2)CC1. The molecule has 2 heterocycles. The van der Waals surface area contributed by atoms with E-state index in [1.807, 2.05) is 63.1 Å². The lowest BCUT2D eigenvalue weighted by Gasteiger charge is -2.28. The van der Waals surface area contributed by atoms with Gasteiger partial charge < -0.3 is 29.4 Å². The Morgan fingerprint density at radius 2 is 1.70 bits per heavy atom. The average molecular weight is 520 g/mol. The summed E-state index contributed by atoms with van der Waals surface area (Å²) >= 11 is 0. The van der Waals surface area contributed by atoms with Crippen LogP contribution in [0.15, 0.2) is 30.3 Å². The summed E-state index contributed by atoms with van der Waals surface area (Å²) in [7, 11) is 3.67. The molecular formula is C29H49N3O5. The van der Waals surface area contributed by atoms with Gasteiger partial charge in [-0.05, 0) is 79.3 Å². The monoisotopic (exact) mass is 519 g/mol. The minimum Gasteiger partial charge on any atom is -0.445 e. The van der Waals surface area contributed by atoms with Crippen LogP contribution in [0.1, 0.15) is 72.3 Å². The van der Waals surface area contributed by atoms with Crippen LogP contribution in [0.5, 0.6) is 0 Å². The summed E-state index contributed by atoms with van der Waals surface area (Å²) in [6.07, 6.45) is 6.56. The Bertz CT molecular complexity index is 775. The number of carbonyl (C=O) groups is 3. The van der Waals surface area contributed by atoms with Crippen molar-refractivity contribution in [1.82, 2.24) is 15.1 Å². The van der Waals surface area contributed by atoms with Crippen LogP contribution in [0.3, 0.4) is 0 Å². The number of hydrogen-bond donors (Lipinski definition) is 1. The van der Waals surface area contributed by atoms with E-state index in [0.717, 1.165) is 50.4 Å². The molecule has 0 spiro atoms. The zero-order chi connectivity index (χ0) is 27.8. The molecule has 0 saturated carbocycles. The number of nitrogens with zero attached hydrogens (tertiary/aromatic N) is 2. The number of carbonyl (C=O) groups excluding carboxylic acids is 3. The Morgan fingerprint density at radius 1 is 1.11 bits per heavy atom. The average Bonchev–Trinajstić information content (AvgIpc) is 3.26. The van der Waals surface area contributed by atoms with Crippen LogP contribution in [-0.4, -0.2) is 79.6 Å². The van der Waals surface area contributed by atoms with Crippen LogP contribution < -0.4 is 5.32 Å². The highest BCUT2D eigenvalue weighted by molar-refractivity contribution is 5.68. The Balaban J connectivity index is 0.000000315. The Hall–Kier alpha value is -2.45. The van der Waals surface area contributed by atoms with Gasteiger partial charge in [-0.3, -0.25) is 4.79 Å². The van der Waals surface area contributed by atoms with Crippen molar-refractivity contribution in [2.75, 3.05) is 27.2 Å². The molecule has 210 valence electrons. The summed E-state index contributed by atoms with van der Waals surface area (Å²) in [6, 6.07) is 11.0. The number of nitrogens with one attached hydrogen (secondary N) is 1. The van der Waals surface area contributed by atoms with Crippen LogP contribution in [-0.2, 0) is 25.7 Å². The van der Waals surface area contributed by atoms with Crippen molar-refractivity contribution in [3.05, 3.63) is 35.9 Å². The second-order valence-corrected chi connectivity index (χ2v) is 10.9. The molecule has 0 bridgehead atoms. The fraction of sp³-hybridized carbons (Fsp3) is 0.690. The summed E-state index contributed by atoms with van der Waals surface area (Å²) < 4.78 is 10.2. The quantitative estimate of drug-likeness (QED) is 0.527. The summed E-state index contributed by atoms with van der Waals surface area (Å²) in [5.74, 6) is 0.100. The molecule has 2 saturated heterocycles. The van der Waals surface area contributed by atoms with Crippen molar-refractivity contribution in [2.45, 2.75) is 97.1 Å². The molecule has 2 aliphatic rings. The maximum Gasteiger partial charge on any atom is 0.410 e. The van der Waals surface area contributed by atoms with Gasteiger partial charge in [0.1, 0.15) is 12.9 Å². The molecule has 37 heavy (non-hydrogen) atoms. The van der Waals surface area contributed by atoms with Crippen LogP contribution in [0.25, 0.3) is 0 Å². The molecule has 3 rings (SSSR count). The minimum absolute atomic E-state index is 0.0417. The molecular weight excluding hydrogens is 470 g/mol. The molecule has 2 aliphatic heterocycles. The van der Waals surface area contributed by atoms with Crippen molar-refractivity contribution in [2.24, 2.45) is 5.92 Å². The first-order chi connectivity index (χ1) is 17.5. The highest BCUT2D eigenvalue weighted by Gasteiger charge is 2.29. The molecule has 8 heteroatoms. The standard InChI is InChI=1S/C14H17NO3.C10H20N2O.C5H12O/c16-10-12-6-8-15(9-7-12)14(17)18-11-13-4-2-1-3-5-13;1-8(11-3)6-10-5-4-9(2)12(10)7-13;1-5(2,3)6-4/h1-5,10,12H,6-9,11H2;7-11H,4-6H2,1-3H3;1-4H3. The van der Waals surface area contributed by atoms with E-state index in [9.17, 15) is 14.4 Å². The number of ether oxygens (including phenoxy) is 2. The number of likely N-dealkylation sites (tertiary alicyclic amines) is 2. The highest BCUT2D eigenvalue weighted by Crippen LogP contribution is 2.25. The molecule has 0 radical (unpaired) electrons. The molecule has 1 aromatic carbocycles. The Morgan fingerprint density at radius 3 is 2.19 bits per heavy atom. The first kappa shape index (κ1) is 32.6. The van der Waals surface area contributed by atoms with Crippen molar-refractivity contribution in [1.29, 1.82) is 0 Å². The second kappa shape index (κ2) is 17.1. The maximum absolute atomic E-state index is 11.8. The van der Waals surface area contributed by atoms with E-state index in [-0.39, 0.29) is 17.6 Å². The smallest absolute Gasteiger partial charge is 0.410 e. The van der Waals surface area contributed by atoms with E-state index < -0.39 is 0 Å². The minimum atomic E-state index is -0.289. The van der Waals surface area contributed by atoms with Gasteiger partial charge in [0.05, 0.1) is 5.60 Å². The van der Waals surface area contributed by atoms with Gasteiger partial charge in [-0.15, -0.1) is 0 Å². The number of hydrogen-bond acceptors (Lipinski definition) is 6. The Kier molecular flexibility index (Phi) is 15.1. The molecule has 1 aromatic rings. The van der Waals surface area contributed by atoms with Crippen LogP contribution in [0, 0.1) is 5.92 Å². The Labute approximate surface area is 224 Å². The first-order valence-corrected chi connectivity index (χ1v) is 13.4. The molecule has 1 N–H and O–H groups in total. The predicted octanol–water partition coefficient (Wildman–Crippen LogP) is 4.66. The first-order valence-electron chi connectivity index (χ1n) is 13.4. The number of methoxy groups -OCH3 is 1. The highest BCUT2D eigenvalue weighted by atomic mass is 16.6. The summed E-state index contributed by atoms with van der Waals surface area (Å²) in [6.45, 7) is 11.9. The van der Waals surface area contributed by atoms with E-state index in [1.165, 1.54) is 0 Å². The lowest BCUT2D eigenvalue weighted by molar-refractivity contribution is -0.120. The van der Waals surface area contributed by atoms with E-state index in [2.05, 4.69) is 19.2 Å². The number of piperidine rings is 1. The lowest BCUT2D eigenvalue weighted by atomic mass is 9.99. The molecule has 0 aromatic heterocycles. The summed E-state index contributed by atoms with van der Waals surface area (Å²) in [5, 5.41) is 3.21. The van der Waals surface area contributed by atoms with Crippen molar-refractivity contribution >= 4 is 18.8 Å². The zero-order valence-corrected chi connectivity index (χ0v) is 23.9. The van der Waals surface area contributed by atoms with E-state index >= 15 is 0 Å². The predicted molar refractivity (Wildman–Crippen MR) is 147 cm³/mol. The van der Waals surface area contributed by atoms with Gasteiger partial charge in [-0.1, -0.05) is 30.3 Å². The molecule has 3 atom stereocenters. The number of amides is 2. The van der Waals surface area contributed by atoms with Crippen LogP contribution in [0.2, 0.25) is 0 Å². The molecule has 0 aliphatic carbocycles. The third-order valence-corrected chi connectivity index (χ3v) is 6.90. The van der Waals surface area contributed by atoms with Gasteiger partial charge in [-0.25, -0.2) is 4.79 Å². The zero-order valence-electron chi connectivity index (χ0n) is 23.9. The fourth-order valence-electron chi connectivity index (χ4n) is 4.08. The number of rotatable bonds is 7. The van der Waals surface area contributed by atoms with Crippen LogP contribution in [0.4, 0.5) is 4.79 Å². The number of benzene rings is 1. The van der Waals surface area contributed by atoms with Crippen molar-refractivity contribution < 1.29 is 23.9 Å². The lowest BCUT2D eigenvalue weighted by Crippen LogP contribution is -2.39. The third kappa shape index (κ3) is 13.1. The van der Waals surface area contributed by atoms with Gasteiger partial charge in [0.15, 0.2) is 0 Å². The van der Waals surface area contributed by atoms with Crippen LogP contribution >= 0.6 is 0 Å². The van der Waals surface area contributed by atoms with Gasteiger partial charge in [0, 0.05) is 44.2 Å². The van der Waals surface area contributed by atoms with Gasteiger partial charge in [0.25, 0.3) is 0 Å². The van der Waals surface area contributed by atoms with E-state index in [0.29, 0.717) is 37.8 Å². The molecule has 3 unspecified atom stereocenters. The van der Waals surface area contributed by atoms with Crippen molar-refractivity contribution in [3.8, 4) is 0 Å². The van der Waals surface area contributed by atoms with Gasteiger partial charge >= 0.3 is 6.09 Å². The molecule has 2 amide bonds. The van der Waals surface area contributed by atoms with Gasteiger partial charge in [-0.2, -0.15) is 0 Å². The normalized spacial score (nSPS) is 20.6. The summed E-state index contributed by atoms with van der Waals surface area (Å²) in [5.41, 5.74) is 1.02. The molecule has 2 fully saturated rings. The third-order valence-electron chi connectivity index (χ3n) is 6.90. The topological polar surface area (TPSA) is 88.2 Å². The summed E-state index contributed by atoms with van der Waals surface area (Å²) in [4.78, 5) is 36.8. The van der Waals surface area contributed by atoms with E-state index in [4.69, 9.17) is 9.47 Å². The maximum atomic E-state index is 11.8. The fourth-order valence-corrected chi connectivity index (χ4v) is 4.08. The number of aldehydes is 1. The van der Waals surface area contributed by atoms with Crippen molar-refractivity contribution in [3.63, 3.8) is 0 Å². The van der Waals surface area contributed by atoms with E-state index in [1.54, 1.807) is 12.0 Å². The second-order valence-electron chi connectivity index (χ2n) is 10.9. The molecule has 8 nitrogen and oxygen atoms in total. The van der Waals surface area contributed by atoms with Gasteiger partial charge in [0.2, 0.25) is 6.41 Å². The largest absolute Gasteiger partial charge is 0.445 e.